The van der Waals surface area contributed by atoms with Crippen molar-refractivity contribution in [3.8, 4) is 0 Å². The highest BCUT2D eigenvalue weighted by molar-refractivity contribution is 5.78. The lowest BCUT2D eigenvalue weighted by atomic mass is 10.1. The highest BCUT2D eigenvalue weighted by atomic mass is 16.4. The molecule has 2 rings (SSSR count). The van der Waals surface area contributed by atoms with Gasteiger partial charge in [0.15, 0.2) is 0 Å². The average Bonchev–Trinajstić information content (AvgIpc) is 2.82. The molecule has 0 radical (unpaired) electrons. The van der Waals surface area contributed by atoms with E-state index in [9.17, 15) is 19.2 Å². The highest BCUT2D eigenvalue weighted by Crippen LogP contribution is 2.16. The van der Waals surface area contributed by atoms with E-state index < -0.39 is 23.1 Å². The van der Waals surface area contributed by atoms with Gasteiger partial charge >= 0.3 is 11.7 Å². The number of aliphatic carboxylic acids is 1. The van der Waals surface area contributed by atoms with Crippen LogP contribution >= 0.6 is 0 Å². The average molecular weight is 267 g/mol. The van der Waals surface area contributed by atoms with E-state index in [1.165, 1.54) is 11.1 Å². The Labute approximate surface area is 107 Å². The van der Waals surface area contributed by atoms with Crippen LogP contribution in [0.15, 0.2) is 21.9 Å². The first kappa shape index (κ1) is 13.1. The van der Waals surface area contributed by atoms with Crippen molar-refractivity contribution in [2.24, 2.45) is 5.92 Å². The molecule has 0 aromatic carbocycles. The number of aromatic amines is 1. The SMILES string of the molecule is O=C(O)C1CCN(C(=O)Cn2ccc(=O)[nH]c2=O)C1. The van der Waals surface area contributed by atoms with Gasteiger partial charge < -0.3 is 10.0 Å². The van der Waals surface area contributed by atoms with Gasteiger partial charge in [0.2, 0.25) is 5.91 Å². The molecular formula is C11H13N3O5. The standard InChI is InChI=1S/C11H13N3O5/c15-8-2-4-14(11(19)12-8)6-9(16)13-3-1-7(5-13)10(17)18/h2,4,7H,1,3,5-6H2,(H,17,18)(H,12,15,19). The van der Waals surface area contributed by atoms with Crippen LogP contribution in [0.2, 0.25) is 0 Å². The van der Waals surface area contributed by atoms with E-state index >= 15 is 0 Å². The number of amides is 1. The van der Waals surface area contributed by atoms with Crippen molar-refractivity contribution in [2.45, 2.75) is 13.0 Å². The number of hydrogen-bond donors (Lipinski definition) is 2. The van der Waals surface area contributed by atoms with Crippen LogP contribution in [0.1, 0.15) is 6.42 Å². The van der Waals surface area contributed by atoms with Gasteiger partial charge in [0.25, 0.3) is 5.56 Å². The number of carbonyl (C=O) groups excluding carboxylic acids is 1. The lowest BCUT2D eigenvalue weighted by Gasteiger charge is -2.16. The molecule has 0 saturated carbocycles. The topological polar surface area (TPSA) is 112 Å². The predicted molar refractivity (Wildman–Crippen MR) is 63.6 cm³/mol. The summed E-state index contributed by atoms with van der Waals surface area (Å²) in [5.41, 5.74) is -1.18. The number of rotatable bonds is 3. The zero-order chi connectivity index (χ0) is 14.0. The van der Waals surface area contributed by atoms with Crippen LogP contribution in [0.5, 0.6) is 0 Å². The highest BCUT2D eigenvalue weighted by Gasteiger charge is 2.30. The minimum absolute atomic E-state index is 0.159. The number of carboxylic acids is 1. The molecule has 1 saturated heterocycles. The molecule has 8 nitrogen and oxygen atoms in total. The van der Waals surface area contributed by atoms with Crippen LogP contribution in [0.3, 0.4) is 0 Å². The van der Waals surface area contributed by atoms with Crippen molar-refractivity contribution in [1.29, 1.82) is 0 Å². The summed E-state index contributed by atoms with van der Waals surface area (Å²) in [6.45, 7) is 0.322. The van der Waals surface area contributed by atoms with Crippen molar-refractivity contribution in [2.75, 3.05) is 13.1 Å². The van der Waals surface area contributed by atoms with Gasteiger partial charge in [0, 0.05) is 25.4 Å². The second-order valence-corrected chi connectivity index (χ2v) is 4.40. The van der Waals surface area contributed by atoms with Gasteiger partial charge in [-0.15, -0.1) is 0 Å². The molecule has 19 heavy (non-hydrogen) atoms. The molecule has 102 valence electrons. The molecule has 1 aliphatic rings. The van der Waals surface area contributed by atoms with Gasteiger partial charge in [-0.25, -0.2) is 4.79 Å². The number of H-pyrrole nitrogens is 1. The van der Waals surface area contributed by atoms with Crippen LogP contribution in [-0.4, -0.2) is 44.5 Å². The fraction of sp³-hybridized carbons (Fsp3) is 0.455. The normalized spacial score (nSPS) is 18.5. The summed E-state index contributed by atoms with van der Waals surface area (Å²) in [6, 6.07) is 1.15. The van der Waals surface area contributed by atoms with Crippen molar-refractivity contribution in [3.05, 3.63) is 33.1 Å². The summed E-state index contributed by atoms with van der Waals surface area (Å²) in [4.78, 5) is 48.4. The van der Waals surface area contributed by atoms with Gasteiger partial charge in [-0.2, -0.15) is 0 Å². The monoisotopic (exact) mass is 267 g/mol. The third-order valence-electron chi connectivity index (χ3n) is 3.09. The Morgan fingerprint density at radius 3 is 2.74 bits per heavy atom. The van der Waals surface area contributed by atoms with E-state index in [4.69, 9.17) is 5.11 Å². The molecule has 0 aliphatic carbocycles. The van der Waals surface area contributed by atoms with E-state index in [0.29, 0.717) is 13.0 Å². The Bertz CT molecular complexity index is 617. The first-order valence-electron chi connectivity index (χ1n) is 5.77. The van der Waals surface area contributed by atoms with Crippen LogP contribution in [-0.2, 0) is 16.1 Å². The largest absolute Gasteiger partial charge is 0.481 e. The Balaban J connectivity index is 2.04. The first-order chi connectivity index (χ1) is 8.97. The maximum atomic E-state index is 11.9. The molecule has 2 heterocycles. The lowest BCUT2D eigenvalue weighted by Crippen LogP contribution is -2.37. The van der Waals surface area contributed by atoms with E-state index in [2.05, 4.69) is 0 Å². The molecule has 0 bridgehead atoms. The molecular weight excluding hydrogens is 254 g/mol. The van der Waals surface area contributed by atoms with Crippen molar-refractivity contribution in [3.63, 3.8) is 0 Å². The fourth-order valence-corrected chi connectivity index (χ4v) is 2.00. The molecule has 0 spiro atoms. The number of aromatic nitrogens is 2. The van der Waals surface area contributed by atoms with Crippen LogP contribution in [0.25, 0.3) is 0 Å². The first-order valence-corrected chi connectivity index (χ1v) is 5.77. The second-order valence-electron chi connectivity index (χ2n) is 4.40. The lowest BCUT2D eigenvalue weighted by molar-refractivity contribution is -0.141. The summed E-state index contributed by atoms with van der Waals surface area (Å²) in [5, 5.41) is 8.84. The summed E-state index contributed by atoms with van der Waals surface area (Å²) >= 11 is 0. The molecule has 1 unspecified atom stereocenters. The molecule has 1 atom stereocenters. The van der Waals surface area contributed by atoms with Crippen LogP contribution in [0, 0.1) is 5.92 Å². The Morgan fingerprint density at radius 2 is 2.16 bits per heavy atom. The van der Waals surface area contributed by atoms with E-state index in [-0.39, 0.29) is 19.0 Å². The maximum absolute atomic E-state index is 11.9. The Kier molecular flexibility index (Phi) is 3.50. The summed E-state index contributed by atoms with van der Waals surface area (Å²) < 4.78 is 1.08. The molecule has 1 aliphatic heterocycles. The fourth-order valence-electron chi connectivity index (χ4n) is 2.00. The number of hydrogen-bond acceptors (Lipinski definition) is 4. The zero-order valence-electron chi connectivity index (χ0n) is 10.0. The third-order valence-corrected chi connectivity index (χ3v) is 3.09. The van der Waals surface area contributed by atoms with Gasteiger partial charge in [0.1, 0.15) is 6.54 Å². The molecule has 1 amide bonds. The van der Waals surface area contributed by atoms with Crippen molar-refractivity contribution in [1.82, 2.24) is 14.5 Å². The number of carbonyl (C=O) groups is 2. The molecule has 2 N–H and O–H groups in total. The van der Waals surface area contributed by atoms with E-state index in [0.717, 1.165) is 10.6 Å². The number of nitrogens with zero attached hydrogens (tertiary/aromatic N) is 2. The molecule has 1 fully saturated rings. The maximum Gasteiger partial charge on any atom is 0.328 e. The second kappa shape index (κ2) is 5.09. The Hall–Kier alpha value is -2.38. The number of likely N-dealkylation sites (tertiary alicyclic amines) is 1. The smallest absolute Gasteiger partial charge is 0.328 e. The third kappa shape index (κ3) is 2.90. The van der Waals surface area contributed by atoms with Crippen molar-refractivity contribution < 1.29 is 14.7 Å². The zero-order valence-corrected chi connectivity index (χ0v) is 10.0. The van der Waals surface area contributed by atoms with Crippen molar-refractivity contribution >= 4 is 11.9 Å². The quantitative estimate of drug-likeness (QED) is 0.690. The van der Waals surface area contributed by atoms with E-state index in [1.807, 2.05) is 4.98 Å². The van der Waals surface area contributed by atoms with Gasteiger partial charge in [-0.3, -0.25) is 23.9 Å². The minimum atomic E-state index is -0.920. The van der Waals surface area contributed by atoms with Gasteiger partial charge in [-0.1, -0.05) is 0 Å². The van der Waals surface area contributed by atoms with Crippen LogP contribution in [0.4, 0.5) is 0 Å². The predicted octanol–water partition coefficient (Wildman–Crippen LogP) is -1.53. The molecule has 8 heteroatoms. The summed E-state index contributed by atoms with van der Waals surface area (Å²) in [6.07, 6.45) is 1.66. The van der Waals surface area contributed by atoms with Gasteiger partial charge in [-0.05, 0) is 6.42 Å². The Morgan fingerprint density at radius 1 is 1.42 bits per heavy atom. The van der Waals surface area contributed by atoms with E-state index in [1.54, 1.807) is 0 Å². The van der Waals surface area contributed by atoms with Crippen LogP contribution < -0.4 is 11.2 Å². The number of carboxylic acid groups (broad SMARTS) is 1. The molecule has 1 aromatic heterocycles. The number of nitrogens with one attached hydrogen (secondary N) is 1. The minimum Gasteiger partial charge on any atom is -0.481 e. The van der Waals surface area contributed by atoms with Gasteiger partial charge in [0.05, 0.1) is 5.92 Å². The summed E-state index contributed by atoms with van der Waals surface area (Å²) in [5.74, 6) is -1.80. The molecule has 1 aromatic rings. The summed E-state index contributed by atoms with van der Waals surface area (Å²) in [7, 11) is 0.